The highest BCUT2D eigenvalue weighted by Crippen LogP contribution is 2.38. The standard InChI is InChI=1S/C26H25N3O4S/c1-32-26(31)18-4-7-22-21(14-18)23(25(30)28-22)24(19-8-13-34-16-19)27-20-5-2-17(3-6-20)15-29-9-11-33-12-10-29/h2-8,13-14,16,27H,9-12,15H2,1H3,(H,28,30)/b24-23-. The monoisotopic (exact) mass is 475 g/mol. The SMILES string of the molecule is COC(=O)c1ccc2c(c1)/C(=C(/Nc1ccc(CN3CCOCC3)cc1)c1ccsc1)C(=O)N2. The first-order chi connectivity index (χ1) is 16.6. The zero-order chi connectivity index (χ0) is 23.5. The van der Waals surface area contributed by atoms with Gasteiger partial charge in [0, 0.05) is 47.5 Å². The van der Waals surface area contributed by atoms with Crippen LogP contribution in [-0.2, 0) is 20.8 Å². The molecule has 3 aromatic rings. The van der Waals surface area contributed by atoms with Crippen molar-refractivity contribution in [2.24, 2.45) is 0 Å². The predicted molar refractivity (Wildman–Crippen MR) is 134 cm³/mol. The molecule has 3 heterocycles. The van der Waals surface area contributed by atoms with Crippen LogP contribution in [0.25, 0.3) is 11.3 Å². The van der Waals surface area contributed by atoms with E-state index in [4.69, 9.17) is 9.47 Å². The van der Waals surface area contributed by atoms with Gasteiger partial charge in [-0.3, -0.25) is 9.69 Å². The van der Waals surface area contributed by atoms with Crippen LogP contribution in [0.5, 0.6) is 0 Å². The maximum absolute atomic E-state index is 13.0. The van der Waals surface area contributed by atoms with Crippen LogP contribution in [0.4, 0.5) is 11.4 Å². The molecule has 0 saturated carbocycles. The van der Waals surface area contributed by atoms with Crippen LogP contribution in [0.15, 0.2) is 59.3 Å². The summed E-state index contributed by atoms with van der Waals surface area (Å²) >= 11 is 1.56. The smallest absolute Gasteiger partial charge is 0.337 e. The second-order valence-corrected chi connectivity index (χ2v) is 8.96. The van der Waals surface area contributed by atoms with Crippen molar-refractivity contribution in [1.82, 2.24) is 4.90 Å². The van der Waals surface area contributed by atoms with Crippen LogP contribution in [0, 0.1) is 0 Å². The minimum atomic E-state index is -0.442. The molecule has 34 heavy (non-hydrogen) atoms. The van der Waals surface area contributed by atoms with E-state index in [1.807, 2.05) is 29.0 Å². The third-order valence-corrected chi connectivity index (χ3v) is 6.66. The molecule has 7 nitrogen and oxygen atoms in total. The third-order valence-electron chi connectivity index (χ3n) is 5.98. The number of fused-ring (bicyclic) bond motifs is 1. The average molecular weight is 476 g/mol. The van der Waals surface area contributed by atoms with E-state index >= 15 is 0 Å². The third kappa shape index (κ3) is 4.61. The van der Waals surface area contributed by atoms with Crippen LogP contribution >= 0.6 is 11.3 Å². The fourth-order valence-corrected chi connectivity index (χ4v) is 4.85. The molecule has 1 aromatic heterocycles. The van der Waals surface area contributed by atoms with Crippen LogP contribution in [0.1, 0.15) is 27.0 Å². The fourth-order valence-electron chi connectivity index (χ4n) is 4.20. The van der Waals surface area contributed by atoms with Gasteiger partial charge in [-0.1, -0.05) is 12.1 Å². The quantitative estimate of drug-likeness (QED) is 0.409. The normalized spacial score (nSPS) is 17.1. The van der Waals surface area contributed by atoms with Gasteiger partial charge in [-0.05, 0) is 47.3 Å². The Bertz CT molecular complexity index is 1230. The Balaban J connectivity index is 1.48. The zero-order valence-electron chi connectivity index (χ0n) is 18.8. The Morgan fingerprint density at radius 1 is 1.12 bits per heavy atom. The Hall–Kier alpha value is -3.46. The molecule has 0 unspecified atom stereocenters. The van der Waals surface area contributed by atoms with Crippen LogP contribution in [0.2, 0.25) is 0 Å². The second kappa shape index (κ2) is 9.80. The van der Waals surface area contributed by atoms with E-state index in [1.165, 1.54) is 12.7 Å². The Labute approximate surface area is 202 Å². The van der Waals surface area contributed by atoms with Crippen molar-refractivity contribution < 1.29 is 19.1 Å². The summed E-state index contributed by atoms with van der Waals surface area (Å²) in [5.41, 5.74) is 5.94. The van der Waals surface area contributed by atoms with E-state index in [0.717, 1.165) is 44.1 Å². The summed E-state index contributed by atoms with van der Waals surface area (Å²) in [4.78, 5) is 27.5. The van der Waals surface area contributed by atoms with Crippen molar-refractivity contribution in [1.29, 1.82) is 0 Å². The first kappa shape index (κ1) is 22.3. The highest BCUT2D eigenvalue weighted by Gasteiger charge is 2.29. The summed E-state index contributed by atoms with van der Waals surface area (Å²) in [6.07, 6.45) is 0. The Morgan fingerprint density at radius 2 is 1.91 bits per heavy atom. The lowest BCUT2D eigenvalue weighted by atomic mass is 9.99. The number of ether oxygens (including phenoxy) is 2. The van der Waals surface area contributed by atoms with Crippen molar-refractivity contribution in [2.75, 3.05) is 44.0 Å². The van der Waals surface area contributed by atoms with E-state index in [1.54, 1.807) is 29.5 Å². The van der Waals surface area contributed by atoms with Crippen molar-refractivity contribution >= 4 is 45.9 Å². The van der Waals surface area contributed by atoms with Gasteiger partial charge in [0.15, 0.2) is 0 Å². The highest BCUT2D eigenvalue weighted by atomic mass is 32.1. The first-order valence-corrected chi connectivity index (χ1v) is 12.0. The number of hydrogen-bond donors (Lipinski definition) is 2. The molecule has 0 radical (unpaired) electrons. The van der Waals surface area contributed by atoms with Gasteiger partial charge in [0.25, 0.3) is 5.91 Å². The minimum absolute atomic E-state index is 0.213. The zero-order valence-corrected chi connectivity index (χ0v) is 19.6. The molecule has 1 amide bonds. The molecule has 174 valence electrons. The topological polar surface area (TPSA) is 79.9 Å². The number of methoxy groups -OCH3 is 1. The van der Waals surface area contributed by atoms with E-state index in [0.29, 0.717) is 28.1 Å². The molecule has 0 aliphatic carbocycles. The number of anilines is 2. The summed E-state index contributed by atoms with van der Waals surface area (Å²) < 4.78 is 10.3. The summed E-state index contributed by atoms with van der Waals surface area (Å²) in [5, 5.41) is 10.3. The van der Waals surface area contributed by atoms with Crippen molar-refractivity contribution in [2.45, 2.75) is 6.54 Å². The van der Waals surface area contributed by atoms with Crippen LogP contribution in [0.3, 0.4) is 0 Å². The fraction of sp³-hybridized carbons (Fsp3) is 0.231. The molecule has 2 aromatic carbocycles. The lowest BCUT2D eigenvalue weighted by Gasteiger charge is -2.26. The number of nitrogens with one attached hydrogen (secondary N) is 2. The molecule has 1 fully saturated rings. The van der Waals surface area contributed by atoms with E-state index in [-0.39, 0.29) is 5.91 Å². The van der Waals surface area contributed by atoms with Gasteiger partial charge in [0.2, 0.25) is 0 Å². The predicted octanol–water partition coefficient (Wildman–Crippen LogP) is 4.30. The van der Waals surface area contributed by atoms with Gasteiger partial charge in [-0.15, -0.1) is 0 Å². The number of carbonyl (C=O) groups is 2. The Kier molecular flexibility index (Phi) is 6.44. The number of rotatable bonds is 6. The van der Waals surface area contributed by atoms with Gasteiger partial charge in [-0.25, -0.2) is 4.79 Å². The second-order valence-electron chi connectivity index (χ2n) is 8.18. The molecule has 2 aliphatic rings. The number of nitrogens with zero attached hydrogens (tertiary/aromatic N) is 1. The maximum atomic E-state index is 13.0. The largest absolute Gasteiger partial charge is 0.465 e. The van der Waals surface area contributed by atoms with Crippen LogP contribution < -0.4 is 10.6 Å². The van der Waals surface area contributed by atoms with Crippen molar-refractivity contribution in [3.05, 3.63) is 81.5 Å². The summed E-state index contributed by atoms with van der Waals surface area (Å²) in [7, 11) is 1.34. The first-order valence-electron chi connectivity index (χ1n) is 11.1. The molecule has 0 bridgehead atoms. The van der Waals surface area contributed by atoms with Gasteiger partial charge >= 0.3 is 5.97 Å². The summed E-state index contributed by atoms with van der Waals surface area (Å²) in [6.45, 7) is 4.32. The number of morpholine rings is 1. The molecule has 1 saturated heterocycles. The molecular formula is C26H25N3O4S. The van der Waals surface area contributed by atoms with Gasteiger partial charge in [0.05, 0.1) is 37.2 Å². The molecule has 0 atom stereocenters. The number of carbonyl (C=O) groups excluding carboxylic acids is 2. The molecule has 0 spiro atoms. The van der Waals surface area contributed by atoms with E-state index < -0.39 is 5.97 Å². The summed E-state index contributed by atoms with van der Waals surface area (Å²) in [6, 6.07) is 15.3. The Morgan fingerprint density at radius 3 is 2.62 bits per heavy atom. The molecule has 2 N–H and O–H groups in total. The maximum Gasteiger partial charge on any atom is 0.337 e. The highest BCUT2D eigenvalue weighted by molar-refractivity contribution is 7.08. The van der Waals surface area contributed by atoms with Gasteiger partial charge in [-0.2, -0.15) is 11.3 Å². The molecule has 2 aliphatic heterocycles. The summed E-state index contributed by atoms with van der Waals surface area (Å²) in [5.74, 6) is -0.656. The number of hydrogen-bond acceptors (Lipinski definition) is 7. The van der Waals surface area contributed by atoms with Crippen LogP contribution in [-0.4, -0.2) is 50.2 Å². The average Bonchev–Trinajstić information content (AvgIpc) is 3.51. The lowest BCUT2D eigenvalue weighted by molar-refractivity contribution is -0.110. The van der Waals surface area contributed by atoms with Gasteiger partial charge < -0.3 is 20.1 Å². The number of benzene rings is 2. The van der Waals surface area contributed by atoms with E-state index in [2.05, 4.69) is 27.7 Å². The van der Waals surface area contributed by atoms with Crippen molar-refractivity contribution in [3.8, 4) is 0 Å². The minimum Gasteiger partial charge on any atom is -0.465 e. The lowest BCUT2D eigenvalue weighted by Crippen LogP contribution is -2.35. The number of thiophene rings is 1. The van der Waals surface area contributed by atoms with Gasteiger partial charge in [0.1, 0.15) is 0 Å². The molecule has 5 rings (SSSR count). The number of esters is 1. The van der Waals surface area contributed by atoms with Crippen molar-refractivity contribution in [3.63, 3.8) is 0 Å². The number of amides is 1. The van der Waals surface area contributed by atoms with E-state index in [9.17, 15) is 9.59 Å². The molecular weight excluding hydrogens is 450 g/mol. The molecule has 8 heteroatoms.